The van der Waals surface area contributed by atoms with E-state index in [9.17, 15) is 13.2 Å². The summed E-state index contributed by atoms with van der Waals surface area (Å²) in [5.41, 5.74) is 2.53. The molecule has 2 N–H and O–H groups in total. The summed E-state index contributed by atoms with van der Waals surface area (Å²) in [6.45, 7) is 2.17. The molecule has 1 amide bonds. The lowest BCUT2D eigenvalue weighted by atomic mass is 10.2. The second kappa shape index (κ2) is 9.03. The lowest BCUT2D eigenvalue weighted by molar-refractivity contribution is 0.0950. The Morgan fingerprint density at radius 2 is 1.84 bits per heavy atom. The van der Waals surface area contributed by atoms with Gasteiger partial charge in [0.2, 0.25) is 0 Å². The van der Waals surface area contributed by atoms with E-state index < -0.39 is 10.0 Å². The Labute approximate surface area is 186 Å². The van der Waals surface area contributed by atoms with E-state index in [2.05, 4.69) is 20.1 Å². The SMILES string of the molecule is Cc1ccc(NS(=O)(=O)c2cccc(C(=O)NCc3ccc(-n4cccn4)nc3)c2)cc1. The Morgan fingerprint density at radius 1 is 1.03 bits per heavy atom. The van der Waals surface area contributed by atoms with Crippen molar-refractivity contribution in [2.45, 2.75) is 18.4 Å². The first-order valence-corrected chi connectivity index (χ1v) is 11.3. The number of aryl methyl sites for hydroxylation is 1. The number of benzene rings is 2. The third-order valence-electron chi connectivity index (χ3n) is 4.71. The average molecular weight is 448 g/mol. The highest BCUT2D eigenvalue weighted by molar-refractivity contribution is 7.92. The quantitative estimate of drug-likeness (QED) is 0.452. The second-order valence-electron chi connectivity index (χ2n) is 7.16. The highest BCUT2D eigenvalue weighted by Crippen LogP contribution is 2.18. The maximum absolute atomic E-state index is 12.7. The Morgan fingerprint density at radius 3 is 2.53 bits per heavy atom. The van der Waals surface area contributed by atoms with Crippen molar-refractivity contribution in [2.24, 2.45) is 0 Å². The van der Waals surface area contributed by atoms with Gasteiger partial charge in [0.1, 0.15) is 0 Å². The van der Waals surface area contributed by atoms with E-state index in [0.717, 1.165) is 11.1 Å². The van der Waals surface area contributed by atoms with Gasteiger partial charge < -0.3 is 5.32 Å². The molecule has 9 heteroatoms. The predicted molar refractivity (Wildman–Crippen MR) is 121 cm³/mol. The van der Waals surface area contributed by atoms with Gasteiger partial charge in [-0.15, -0.1) is 0 Å². The molecule has 4 aromatic rings. The number of amides is 1. The van der Waals surface area contributed by atoms with Crippen LogP contribution in [0.15, 0.2) is 90.2 Å². The van der Waals surface area contributed by atoms with Crippen molar-refractivity contribution in [1.82, 2.24) is 20.1 Å². The molecule has 32 heavy (non-hydrogen) atoms. The Bertz CT molecular complexity index is 1320. The van der Waals surface area contributed by atoms with Crippen LogP contribution in [0.5, 0.6) is 0 Å². The van der Waals surface area contributed by atoms with Crippen molar-refractivity contribution >= 4 is 21.6 Å². The number of carbonyl (C=O) groups excluding carboxylic acids is 1. The molecule has 0 bridgehead atoms. The molecule has 0 aliphatic rings. The van der Waals surface area contributed by atoms with Gasteiger partial charge >= 0.3 is 0 Å². The zero-order valence-corrected chi connectivity index (χ0v) is 18.1. The minimum absolute atomic E-state index is 0.0102. The molecule has 0 saturated heterocycles. The first kappa shape index (κ1) is 21.3. The van der Waals surface area contributed by atoms with Crippen molar-refractivity contribution in [3.05, 3.63) is 102 Å². The van der Waals surface area contributed by atoms with Crippen LogP contribution >= 0.6 is 0 Å². The molecule has 8 nitrogen and oxygen atoms in total. The molecule has 2 aromatic heterocycles. The standard InChI is InChI=1S/C23H21N5O3S/c1-17-6-9-20(10-7-17)27-32(30,31)21-5-2-4-19(14-21)23(29)25-16-18-8-11-22(24-15-18)28-13-3-12-26-28/h2-15,27H,16H2,1H3,(H,25,29). The second-order valence-corrected chi connectivity index (χ2v) is 8.84. The minimum atomic E-state index is -3.82. The molecular formula is C23H21N5O3S. The van der Waals surface area contributed by atoms with E-state index in [-0.39, 0.29) is 22.9 Å². The van der Waals surface area contributed by atoms with Crippen LogP contribution in [0.1, 0.15) is 21.5 Å². The van der Waals surface area contributed by atoms with E-state index in [1.165, 1.54) is 12.1 Å². The van der Waals surface area contributed by atoms with Gasteiger partial charge in [-0.1, -0.05) is 29.8 Å². The number of hydrogen-bond donors (Lipinski definition) is 2. The molecule has 4 rings (SSSR count). The molecule has 0 radical (unpaired) electrons. The van der Waals surface area contributed by atoms with Gasteiger partial charge in [0.25, 0.3) is 15.9 Å². The lowest BCUT2D eigenvalue weighted by Crippen LogP contribution is -2.23. The third kappa shape index (κ3) is 5.01. The number of sulfonamides is 1. The summed E-state index contributed by atoms with van der Waals surface area (Å²) in [6, 6.07) is 18.4. The zero-order valence-electron chi connectivity index (χ0n) is 17.3. The van der Waals surface area contributed by atoms with Crippen LogP contribution in [0.4, 0.5) is 5.69 Å². The van der Waals surface area contributed by atoms with Crippen molar-refractivity contribution < 1.29 is 13.2 Å². The fraction of sp³-hybridized carbons (Fsp3) is 0.0870. The van der Waals surface area contributed by atoms with E-state index in [1.54, 1.807) is 59.7 Å². The molecule has 0 spiro atoms. The minimum Gasteiger partial charge on any atom is -0.348 e. The van der Waals surface area contributed by atoms with Crippen LogP contribution in [0.2, 0.25) is 0 Å². The van der Waals surface area contributed by atoms with Gasteiger partial charge in [0.05, 0.1) is 4.90 Å². The highest BCUT2D eigenvalue weighted by Gasteiger charge is 2.16. The van der Waals surface area contributed by atoms with Crippen LogP contribution < -0.4 is 10.0 Å². The molecule has 0 aliphatic heterocycles. The van der Waals surface area contributed by atoms with Gasteiger partial charge in [-0.3, -0.25) is 9.52 Å². The number of anilines is 1. The molecule has 2 heterocycles. The number of hydrogen-bond acceptors (Lipinski definition) is 5. The molecule has 0 saturated carbocycles. The number of nitrogens with zero attached hydrogens (tertiary/aromatic N) is 3. The number of pyridine rings is 1. The number of aromatic nitrogens is 3. The summed E-state index contributed by atoms with van der Waals surface area (Å²) < 4.78 is 29.6. The first-order chi connectivity index (χ1) is 15.4. The number of nitrogens with one attached hydrogen (secondary N) is 2. The molecule has 0 unspecified atom stereocenters. The van der Waals surface area contributed by atoms with Crippen molar-refractivity contribution in [1.29, 1.82) is 0 Å². The van der Waals surface area contributed by atoms with Crippen molar-refractivity contribution in [3.8, 4) is 5.82 Å². The van der Waals surface area contributed by atoms with E-state index in [4.69, 9.17) is 0 Å². The highest BCUT2D eigenvalue weighted by atomic mass is 32.2. The van der Waals surface area contributed by atoms with Crippen LogP contribution in [0.3, 0.4) is 0 Å². The Hall–Kier alpha value is -3.98. The van der Waals surface area contributed by atoms with Crippen molar-refractivity contribution in [2.75, 3.05) is 4.72 Å². The van der Waals surface area contributed by atoms with Crippen LogP contribution in [0.25, 0.3) is 5.82 Å². The summed E-state index contributed by atoms with van der Waals surface area (Å²) >= 11 is 0. The third-order valence-corrected chi connectivity index (χ3v) is 6.09. The number of carbonyl (C=O) groups is 1. The van der Waals surface area contributed by atoms with Gasteiger partial charge in [0.15, 0.2) is 5.82 Å². The van der Waals surface area contributed by atoms with Gasteiger partial charge in [-0.2, -0.15) is 5.10 Å². The molecule has 162 valence electrons. The summed E-state index contributed by atoms with van der Waals surface area (Å²) in [4.78, 5) is 16.9. The van der Waals surface area contributed by atoms with E-state index in [1.807, 2.05) is 25.1 Å². The topological polar surface area (TPSA) is 106 Å². The maximum atomic E-state index is 12.7. The maximum Gasteiger partial charge on any atom is 0.261 e. The average Bonchev–Trinajstić information content (AvgIpc) is 3.34. The smallest absolute Gasteiger partial charge is 0.261 e. The van der Waals surface area contributed by atoms with Crippen LogP contribution in [0, 0.1) is 6.92 Å². The fourth-order valence-electron chi connectivity index (χ4n) is 2.99. The van der Waals surface area contributed by atoms with E-state index >= 15 is 0 Å². The molecule has 0 atom stereocenters. The summed E-state index contributed by atoms with van der Waals surface area (Å²) in [5.74, 6) is 0.289. The Kier molecular flexibility index (Phi) is 6.00. The van der Waals surface area contributed by atoms with E-state index in [0.29, 0.717) is 11.5 Å². The fourth-order valence-corrected chi connectivity index (χ4v) is 4.09. The van der Waals surface area contributed by atoms with Crippen molar-refractivity contribution in [3.63, 3.8) is 0 Å². The van der Waals surface area contributed by atoms with Gasteiger partial charge in [0, 0.05) is 36.4 Å². The molecular weight excluding hydrogens is 426 g/mol. The van der Waals surface area contributed by atoms with Gasteiger partial charge in [-0.25, -0.2) is 18.1 Å². The summed E-state index contributed by atoms with van der Waals surface area (Å²) in [6.07, 6.45) is 5.11. The predicted octanol–water partition coefficient (Wildman–Crippen LogP) is 3.31. The molecule has 2 aromatic carbocycles. The largest absolute Gasteiger partial charge is 0.348 e. The molecule has 0 aliphatic carbocycles. The van der Waals surface area contributed by atoms with Gasteiger partial charge in [-0.05, 0) is 55.0 Å². The first-order valence-electron chi connectivity index (χ1n) is 9.83. The zero-order chi connectivity index (χ0) is 22.6. The lowest BCUT2D eigenvalue weighted by Gasteiger charge is -2.10. The summed E-state index contributed by atoms with van der Waals surface area (Å²) in [5, 5.41) is 6.91. The Balaban J connectivity index is 1.42. The number of rotatable bonds is 7. The van der Waals surface area contributed by atoms with Crippen LogP contribution in [-0.2, 0) is 16.6 Å². The summed E-state index contributed by atoms with van der Waals surface area (Å²) in [7, 11) is -3.82. The monoisotopic (exact) mass is 447 g/mol. The van der Waals surface area contributed by atoms with Crippen LogP contribution in [-0.4, -0.2) is 29.1 Å². The molecule has 0 fully saturated rings. The normalized spacial score (nSPS) is 11.2.